The zero-order valence-corrected chi connectivity index (χ0v) is 10.0. The third-order valence-corrected chi connectivity index (χ3v) is 2.25. The highest BCUT2D eigenvalue weighted by Gasteiger charge is 2.15. The second-order valence-corrected chi connectivity index (χ2v) is 3.94. The van der Waals surface area contributed by atoms with Crippen LogP contribution < -0.4 is 5.32 Å². The minimum Gasteiger partial charge on any atom is -0.396 e. The number of amides is 1. The largest absolute Gasteiger partial charge is 0.396 e. The molecule has 0 saturated carbocycles. The van der Waals surface area contributed by atoms with E-state index in [2.05, 4.69) is 11.2 Å². The van der Waals surface area contributed by atoms with Crippen molar-refractivity contribution in [3.63, 3.8) is 0 Å². The molecule has 4 heteroatoms. The van der Waals surface area contributed by atoms with Crippen LogP contribution in [0.2, 0.25) is 0 Å². The molecule has 0 rings (SSSR count). The summed E-state index contributed by atoms with van der Waals surface area (Å²) >= 11 is 0. The Hall–Kier alpha value is -1.05. The molecule has 1 unspecified atom stereocenters. The van der Waals surface area contributed by atoms with E-state index in [1.807, 2.05) is 13.8 Å². The Labute approximate surface area is 97.4 Å². The van der Waals surface area contributed by atoms with Gasteiger partial charge in [0.1, 0.15) is 6.61 Å². The lowest BCUT2D eigenvalue weighted by atomic mass is 10.0. The molecule has 0 bridgehead atoms. The van der Waals surface area contributed by atoms with E-state index in [1.165, 1.54) is 0 Å². The highest BCUT2D eigenvalue weighted by Crippen LogP contribution is 2.05. The van der Waals surface area contributed by atoms with Gasteiger partial charge in [-0.25, -0.2) is 0 Å². The summed E-state index contributed by atoms with van der Waals surface area (Å²) in [4.78, 5) is 11.5. The standard InChI is InChI=1S/C12H21NO3/c1-4-8-16-9-6-12(15)13-11(5-7-14)10(2)3/h1,10-11,14H,5-9H2,2-3H3,(H,13,15). The maximum atomic E-state index is 11.5. The van der Waals surface area contributed by atoms with Gasteiger partial charge in [-0.15, -0.1) is 6.42 Å². The van der Waals surface area contributed by atoms with Crippen molar-refractivity contribution in [1.29, 1.82) is 0 Å². The minimum atomic E-state index is -0.0656. The Morgan fingerprint density at radius 3 is 2.75 bits per heavy atom. The van der Waals surface area contributed by atoms with Crippen LogP contribution in [0.25, 0.3) is 0 Å². The minimum absolute atomic E-state index is 0.0186. The maximum absolute atomic E-state index is 11.5. The average molecular weight is 227 g/mol. The van der Waals surface area contributed by atoms with E-state index in [-0.39, 0.29) is 25.2 Å². The Morgan fingerprint density at radius 1 is 1.56 bits per heavy atom. The number of carbonyl (C=O) groups excluding carboxylic acids is 1. The van der Waals surface area contributed by atoms with Gasteiger partial charge in [0.25, 0.3) is 0 Å². The number of terminal acetylenes is 1. The molecule has 0 saturated heterocycles. The van der Waals surface area contributed by atoms with Gasteiger partial charge < -0.3 is 15.2 Å². The number of hydrogen-bond acceptors (Lipinski definition) is 3. The molecule has 0 spiro atoms. The second-order valence-electron chi connectivity index (χ2n) is 3.94. The molecule has 92 valence electrons. The summed E-state index contributed by atoms with van der Waals surface area (Å²) in [7, 11) is 0. The average Bonchev–Trinajstić information content (AvgIpc) is 2.23. The van der Waals surface area contributed by atoms with Crippen molar-refractivity contribution in [1.82, 2.24) is 5.32 Å². The Kier molecular flexibility index (Phi) is 8.59. The fourth-order valence-corrected chi connectivity index (χ4v) is 1.29. The fraction of sp³-hybridized carbons (Fsp3) is 0.750. The molecule has 4 nitrogen and oxygen atoms in total. The topological polar surface area (TPSA) is 58.6 Å². The van der Waals surface area contributed by atoms with Crippen LogP contribution in [0.15, 0.2) is 0 Å². The van der Waals surface area contributed by atoms with E-state index in [1.54, 1.807) is 0 Å². The number of aliphatic hydroxyl groups excluding tert-OH is 1. The molecule has 0 aliphatic heterocycles. The first-order valence-electron chi connectivity index (χ1n) is 5.53. The van der Waals surface area contributed by atoms with Crippen molar-refractivity contribution in [3.8, 4) is 12.3 Å². The van der Waals surface area contributed by atoms with Gasteiger partial charge in [0.2, 0.25) is 5.91 Å². The second kappa shape index (κ2) is 9.20. The van der Waals surface area contributed by atoms with Gasteiger partial charge in [-0.1, -0.05) is 19.8 Å². The van der Waals surface area contributed by atoms with Gasteiger partial charge in [0, 0.05) is 12.6 Å². The number of ether oxygens (including phenoxy) is 1. The summed E-state index contributed by atoms with van der Waals surface area (Å²) < 4.78 is 5.01. The lowest BCUT2D eigenvalue weighted by Crippen LogP contribution is -2.39. The monoisotopic (exact) mass is 227 g/mol. The lowest BCUT2D eigenvalue weighted by molar-refractivity contribution is -0.123. The number of nitrogens with one attached hydrogen (secondary N) is 1. The van der Waals surface area contributed by atoms with Crippen molar-refractivity contribution < 1.29 is 14.6 Å². The molecule has 0 aromatic heterocycles. The molecule has 2 N–H and O–H groups in total. The Morgan fingerprint density at radius 2 is 2.25 bits per heavy atom. The number of aliphatic hydroxyl groups is 1. The van der Waals surface area contributed by atoms with Crippen molar-refractivity contribution in [3.05, 3.63) is 0 Å². The zero-order chi connectivity index (χ0) is 12.4. The normalized spacial score (nSPS) is 12.2. The zero-order valence-electron chi connectivity index (χ0n) is 10.0. The van der Waals surface area contributed by atoms with Crippen LogP contribution in [-0.4, -0.2) is 36.9 Å². The predicted molar refractivity (Wildman–Crippen MR) is 62.7 cm³/mol. The summed E-state index contributed by atoms with van der Waals surface area (Å²) in [6, 6.07) is 0.0186. The molecular weight excluding hydrogens is 206 g/mol. The number of rotatable bonds is 8. The van der Waals surface area contributed by atoms with Crippen molar-refractivity contribution >= 4 is 5.91 Å². The lowest BCUT2D eigenvalue weighted by Gasteiger charge is -2.21. The Balaban J connectivity index is 3.78. The van der Waals surface area contributed by atoms with Crippen molar-refractivity contribution in [2.24, 2.45) is 5.92 Å². The van der Waals surface area contributed by atoms with Gasteiger partial charge in [0.15, 0.2) is 0 Å². The van der Waals surface area contributed by atoms with E-state index in [9.17, 15) is 4.79 Å². The van der Waals surface area contributed by atoms with Gasteiger partial charge in [-0.05, 0) is 12.3 Å². The van der Waals surface area contributed by atoms with Gasteiger partial charge in [0.05, 0.1) is 13.0 Å². The predicted octanol–water partition coefficient (Wildman–Crippen LogP) is 0.549. The highest BCUT2D eigenvalue weighted by atomic mass is 16.5. The Bertz CT molecular complexity index is 233. The van der Waals surface area contributed by atoms with Crippen LogP contribution in [0.4, 0.5) is 0 Å². The van der Waals surface area contributed by atoms with Crippen molar-refractivity contribution in [2.45, 2.75) is 32.7 Å². The summed E-state index contributed by atoms with van der Waals surface area (Å²) in [5.41, 5.74) is 0. The summed E-state index contributed by atoms with van der Waals surface area (Å²) in [5.74, 6) is 2.58. The quantitative estimate of drug-likeness (QED) is 0.470. The molecule has 0 aliphatic rings. The van der Waals surface area contributed by atoms with E-state index in [4.69, 9.17) is 16.3 Å². The number of hydrogen-bond donors (Lipinski definition) is 2. The van der Waals surface area contributed by atoms with Crippen LogP contribution in [0.3, 0.4) is 0 Å². The molecule has 16 heavy (non-hydrogen) atoms. The first kappa shape index (κ1) is 14.9. The molecular formula is C12H21NO3. The molecule has 0 aliphatic carbocycles. The molecule has 1 atom stereocenters. The summed E-state index contributed by atoms with van der Waals surface area (Å²) in [6.45, 7) is 4.67. The van der Waals surface area contributed by atoms with E-state index in [0.29, 0.717) is 25.4 Å². The van der Waals surface area contributed by atoms with E-state index < -0.39 is 0 Å². The van der Waals surface area contributed by atoms with Crippen LogP contribution in [0.5, 0.6) is 0 Å². The van der Waals surface area contributed by atoms with Crippen LogP contribution in [0.1, 0.15) is 26.7 Å². The molecule has 0 fully saturated rings. The maximum Gasteiger partial charge on any atom is 0.222 e. The highest BCUT2D eigenvalue weighted by molar-refractivity contribution is 5.76. The van der Waals surface area contributed by atoms with E-state index in [0.717, 1.165) is 0 Å². The molecule has 1 amide bonds. The molecule has 0 radical (unpaired) electrons. The third-order valence-electron chi connectivity index (χ3n) is 2.25. The molecule has 0 aromatic carbocycles. The molecule has 0 aromatic rings. The van der Waals surface area contributed by atoms with Gasteiger partial charge >= 0.3 is 0 Å². The number of carbonyl (C=O) groups is 1. The van der Waals surface area contributed by atoms with Crippen LogP contribution >= 0.6 is 0 Å². The SMILES string of the molecule is C#CCOCCC(=O)NC(CCO)C(C)C. The van der Waals surface area contributed by atoms with Crippen LogP contribution in [0, 0.1) is 18.3 Å². The first-order chi connectivity index (χ1) is 7.61. The summed E-state index contributed by atoms with van der Waals surface area (Å²) in [5, 5.41) is 11.7. The van der Waals surface area contributed by atoms with Crippen molar-refractivity contribution in [2.75, 3.05) is 19.8 Å². The van der Waals surface area contributed by atoms with Crippen LogP contribution in [-0.2, 0) is 9.53 Å². The van der Waals surface area contributed by atoms with Gasteiger partial charge in [-0.3, -0.25) is 4.79 Å². The summed E-state index contributed by atoms with van der Waals surface area (Å²) in [6.07, 6.45) is 5.88. The van der Waals surface area contributed by atoms with Gasteiger partial charge in [-0.2, -0.15) is 0 Å². The van der Waals surface area contributed by atoms with E-state index >= 15 is 0 Å². The molecule has 0 heterocycles. The fourth-order valence-electron chi connectivity index (χ4n) is 1.29. The third kappa shape index (κ3) is 7.27. The first-order valence-corrected chi connectivity index (χ1v) is 5.53. The smallest absolute Gasteiger partial charge is 0.222 e.